The highest BCUT2D eigenvalue weighted by molar-refractivity contribution is 6.53. The van der Waals surface area contributed by atoms with Gasteiger partial charge >= 0.3 is 0 Å². The van der Waals surface area contributed by atoms with Crippen molar-refractivity contribution in [3.05, 3.63) is 98.6 Å². The maximum absolute atomic E-state index is 13.0. The Morgan fingerprint density at radius 3 is 2.24 bits per heavy atom. The first kappa shape index (κ1) is 22.9. The van der Waals surface area contributed by atoms with Crippen molar-refractivity contribution >= 4 is 69.6 Å². The molecule has 0 unspecified atom stereocenters. The molecule has 9 heteroatoms. The second-order valence-corrected chi connectivity index (χ2v) is 8.48. The monoisotopic (exact) mass is 499 g/mol. The minimum Gasteiger partial charge on any atom is -0.349 e. The first-order chi connectivity index (χ1) is 15.7. The van der Waals surface area contributed by atoms with E-state index in [0.29, 0.717) is 32.7 Å². The lowest BCUT2D eigenvalue weighted by atomic mass is 10.1. The van der Waals surface area contributed by atoms with E-state index in [1.54, 1.807) is 67.6 Å². The number of benzene rings is 3. The molecule has 2 N–H and O–H groups in total. The fourth-order valence-electron chi connectivity index (χ4n) is 3.26. The largest absolute Gasteiger partial charge is 0.349 e. The van der Waals surface area contributed by atoms with Crippen LogP contribution in [0.4, 0.5) is 17.1 Å². The number of rotatable bonds is 5. The molecule has 0 fully saturated rings. The van der Waals surface area contributed by atoms with Gasteiger partial charge in [0.2, 0.25) is 0 Å². The lowest BCUT2D eigenvalue weighted by Crippen LogP contribution is -2.32. The smallest absolute Gasteiger partial charge is 0.283 e. The normalized spacial score (nSPS) is 13.5. The topological polar surface area (TPSA) is 78.5 Å². The molecule has 1 aliphatic heterocycles. The van der Waals surface area contributed by atoms with Crippen LogP contribution in [-0.4, -0.2) is 17.7 Å². The summed E-state index contributed by atoms with van der Waals surface area (Å²) in [7, 11) is 0. The molecule has 0 aromatic heterocycles. The number of nitrogens with one attached hydrogen (secondary N) is 2. The Morgan fingerprint density at radius 2 is 1.55 bits per heavy atom. The molecule has 3 aromatic rings. The third-order valence-electron chi connectivity index (χ3n) is 4.94. The van der Waals surface area contributed by atoms with Gasteiger partial charge in [0.1, 0.15) is 10.7 Å². The van der Waals surface area contributed by atoms with Crippen LogP contribution >= 0.6 is 34.8 Å². The molecule has 1 aliphatic rings. The maximum atomic E-state index is 13.0. The molecular weight excluding hydrogens is 485 g/mol. The predicted octanol–water partition coefficient (Wildman–Crippen LogP) is 5.99. The van der Waals surface area contributed by atoms with Crippen LogP contribution in [0.2, 0.25) is 10.0 Å². The Kier molecular flexibility index (Phi) is 6.42. The quantitative estimate of drug-likeness (QED) is 0.422. The highest BCUT2D eigenvalue weighted by atomic mass is 35.5. The molecule has 0 atom stereocenters. The summed E-state index contributed by atoms with van der Waals surface area (Å²) >= 11 is 18.2. The molecule has 33 heavy (non-hydrogen) atoms. The van der Waals surface area contributed by atoms with Gasteiger partial charge in [-0.05, 0) is 61.0 Å². The van der Waals surface area contributed by atoms with E-state index in [9.17, 15) is 14.4 Å². The van der Waals surface area contributed by atoms with Gasteiger partial charge in [0.15, 0.2) is 0 Å². The van der Waals surface area contributed by atoms with Crippen LogP contribution in [0.3, 0.4) is 0 Å². The molecule has 6 nitrogen and oxygen atoms in total. The summed E-state index contributed by atoms with van der Waals surface area (Å²) in [5.41, 5.74) is 2.30. The number of hydrogen-bond donors (Lipinski definition) is 2. The van der Waals surface area contributed by atoms with Gasteiger partial charge < -0.3 is 10.6 Å². The van der Waals surface area contributed by atoms with E-state index < -0.39 is 11.8 Å². The lowest BCUT2D eigenvalue weighted by Gasteiger charge is -2.16. The highest BCUT2D eigenvalue weighted by Gasteiger charge is 2.39. The Labute approximate surface area is 204 Å². The number of halogens is 3. The van der Waals surface area contributed by atoms with Crippen LogP contribution in [0.5, 0.6) is 0 Å². The third-order valence-corrected chi connectivity index (χ3v) is 5.76. The number of aryl methyl sites for hydroxylation is 1. The summed E-state index contributed by atoms with van der Waals surface area (Å²) in [6, 6.07) is 18.1. The molecule has 0 saturated heterocycles. The van der Waals surface area contributed by atoms with Gasteiger partial charge in [0, 0.05) is 27.0 Å². The predicted molar refractivity (Wildman–Crippen MR) is 131 cm³/mol. The van der Waals surface area contributed by atoms with Gasteiger partial charge in [-0.15, -0.1) is 0 Å². The van der Waals surface area contributed by atoms with Gasteiger partial charge in [0.25, 0.3) is 17.7 Å². The molecule has 0 radical (unpaired) electrons. The molecule has 0 aliphatic carbocycles. The van der Waals surface area contributed by atoms with Gasteiger partial charge in [-0.2, -0.15) is 0 Å². The van der Waals surface area contributed by atoms with Crippen molar-refractivity contribution in [1.29, 1.82) is 0 Å². The molecule has 3 amide bonds. The van der Waals surface area contributed by atoms with E-state index in [2.05, 4.69) is 10.6 Å². The second kappa shape index (κ2) is 9.27. The Balaban J connectivity index is 1.59. The van der Waals surface area contributed by atoms with E-state index in [0.717, 1.165) is 10.5 Å². The van der Waals surface area contributed by atoms with Crippen LogP contribution in [0.1, 0.15) is 15.9 Å². The Hall–Kier alpha value is -3.32. The van der Waals surface area contributed by atoms with Crippen LogP contribution in [0.25, 0.3) is 0 Å². The summed E-state index contributed by atoms with van der Waals surface area (Å²) in [5.74, 6) is -1.66. The summed E-state index contributed by atoms with van der Waals surface area (Å²) in [6.45, 7) is 1.80. The average molecular weight is 501 g/mol. The third kappa shape index (κ3) is 4.73. The number of hydrogen-bond acceptors (Lipinski definition) is 4. The van der Waals surface area contributed by atoms with Gasteiger partial charge in [0.05, 0.1) is 5.69 Å². The van der Waals surface area contributed by atoms with E-state index in [1.807, 2.05) is 0 Å². The molecule has 3 aromatic carbocycles. The summed E-state index contributed by atoms with van der Waals surface area (Å²) in [5, 5.41) is 6.30. The summed E-state index contributed by atoms with van der Waals surface area (Å²) < 4.78 is 0. The van der Waals surface area contributed by atoms with Crippen molar-refractivity contribution < 1.29 is 14.4 Å². The molecule has 1 heterocycles. The van der Waals surface area contributed by atoms with E-state index >= 15 is 0 Å². The van der Waals surface area contributed by atoms with E-state index in [-0.39, 0.29) is 16.6 Å². The van der Waals surface area contributed by atoms with E-state index in [4.69, 9.17) is 34.8 Å². The van der Waals surface area contributed by atoms with Crippen molar-refractivity contribution in [2.75, 3.05) is 15.5 Å². The van der Waals surface area contributed by atoms with Crippen LogP contribution in [0, 0.1) is 6.92 Å². The van der Waals surface area contributed by atoms with Crippen molar-refractivity contribution in [3.8, 4) is 0 Å². The second-order valence-electron chi connectivity index (χ2n) is 7.23. The number of imide groups is 1. The minimum atomic E-state index is -0.668. The number of carbonyl (C=O) groups is 3. The lowest BCUT2D eigenvalue weighted by molar-refractivity contribution is -0.120. The molecular formula is C24H16Cl3N3O3. The SMILES string of the molecule is Cc1ccc(C(=O)Nc2cccc(Cl)c2)cc1NC1=C(Cl)C(=O)N(c2cccc(Cl)c2)C1=O. The molecule has 4 rings (SSSR count). The zero-order valence-corrected chi connectivity index (χ0v) is 19.4. The number of carbonyl (C=O) groups excluding carboxylic acids is 3. The van der Waals surface area contributed by atoms with Crippen LogP contribution in [-0.2, 0) is 9.59 Å². The van der Waals surface area contributed by atoms with Gasteiger partial charge in [-0.25, -0.2) is 4.90 Å². The zero-order valence-electron chi connectivity index (χ0n) is 17.2. The van der Waals surface area contributed by atoms with Crippen molar-refractivity contribution in [2.24, 2.45) is 0 Å². The number of amides is 3. The molecule has 0 saturated carbocycles. The maximum Gasteiger partial charge on any atom is 0.283 e. The molecule has 166 valence electrons. The standard InChI is InChI=1S/C24H16Cl3N3O3/c1-13-8-9-14(22(31)28-17-6-2-4-15(25)11-17)10-19(13)29-21-20(27)23(32)30(24(21)33)18-7-3-5-16(26)12-18/h2-12,29H,1H3,(H,28,31). The summed E-state index contributed by atoms with van der Waals surface area (Å²) in [4.78, 5) is 39.3. The van der Waals surface area contributed by atoms with Crippen LogP contribution in [0.15, 0.2) is 77.5 Å². The number of anilines is 3. The highest BCUT2D eigenvalue weighted by Crippen LogP contribution is 2.32. The first-order valence-corrected chi connectivity index (χ1v) is 10.9. The van der Waals surface area contributed by atoms with Crippen molar-refractivity contribution in [1.82, 2.24) is 0 Å². The van der Waals surface area contributed by atoms with Crippen LogP contribution < -0.4 is 15.5 Å². The molecule has 0 spiro atoms. The fraction of sp³-hybridized carbons (Fsp3) is 0.0417. The fourth-order valence-corrected chi connectivity index (χ4v) is 3.85. The van der Waals surface area contributed by atoms with Gasteiger partial charge in [-0.1, -0.05) is 53.0 Å². The van der Waals surface area contributed by atoms with E-state index in [1.165, 1.54) is 6.07 Å². The van der Waals surface area contributed by atoms with Gasteiger partial charge in [-0.3, -0.25) is 14.4 Å². The van der Waals surface area contributed by atoms with Crippen molar-refractivity contribution in [2.45, 2.75) is 6.92 Å². The Morgan fingerprint density at radius 1 is 0.848 bits per heavy atom. The first-order valence-electron chi connectivity index (χ1n) is 9.73. The zero-order chi connectivity index (χ0) is 23.7. The van der Waals surface area contributed by atoms with Crippen molar-refractivity contribution in [3.63, 3.8) is 0 Å². The summed E-state index contributed by atoms with van der Waals surface area (Å²) in [6.07, 6.45) is 0. The molecule has 0 bridgehead atoms. The average Bonchev–Trinajstić information content (AvgIpc) is 2.98. The minimum absolute atomic E-state index is 0.0860. The number of nitrogens with zero attached hydrogens (tertiary/aromatic N) is 1. The Bertz CT molecular complexity index is 1340.